The van der Waals surface area contributed by atoms with Crippen LogP contribution >= 0.6 is 0 Å². The molecule has 1 aliphatic carbocycles. The maximum absolute atomic E-state index is 13.8. The summed E-state index contributed by atoms with van der Waals surface area (Å²) in [6.45, 7) is 2.70. The summed E-state index contributed by atoms with van der Waals surface area (Å²) in [5.74, 6) is 0.949. The van der Waals surface area contributed by atoms with E-state index >= 15 is 0 Å². The number of nitrogens with one attached hydrogen (secondary N) is 1. The smallest absolute Gasteiger partial charge is 0.318 e. The van der Waals surface area contributed by atoms with Crippen LogP contribution in [0.4, 0.5) is 15.0 Å². The Kier molecular flexibility index (Phi) is 5.69. The molecule has 1 N–H and O–H groups in total. The van der Waals surface area contributed by atoms with Gasteiger partial charge in [0.15, 0.2) is 0 Å². The van der Waals surface area contributed by atoms with Crippen molar-refractivity contribution in [3.63, 3.8) is 0 Å². The fourth-order valence-corrected chi connectivity index (χ4v) is 4.28. The molecule has 1 saturated heterocycles. The Hall–Kier alpha value is -2.70. The molecule has 1 aromatic heterocycles. The van der Waals surface area contributed by atoms with E-state index in [9.17, 15) is 9.18 Å². The fraction of sp³-hybridized carbons (Fsp3) is 0.476. The highest BCUT2D eigenvalue weighted by molar-refractivity contribution is 5.75. The van der Waals surface area contributed by atoms with Gasteiger partial charge in [-0.2, -0.15) is 0 Å². The van der Waals surface area contributed by atoms with Gasteiger partial charge in [0.1, 0.15) is 11.6 Å². The first-order chi connectivity index (χ1) is 13.7. The van der Waals surface area contributed by atoms with Crippen LogP contribution in [-0.2, 0) is 0 Å². The van der Waals surface area contributed by atoms with E-state index in [1.165, 1.54) is 18.9 Å². The van der Waals surface area contributed by atoms with Gasteiger partial charge in [0.2, 0.25) is 0 Å². The van der Waals surface area contributed by atoms with Gasteiger partial charge < -0.3 is 15.1 Å². The number of urea groups is 1. The fourth-order valence-electron chi connectivity index (χ4n) is 4.28. The van der Waals surface area contributed by atoms with Crippen LogP contribution in [0.1, 0.15) is 37.3 Å². The molecule has 28 heavy (non-hydrogen) atoms. The Labute approximate surface area is 164 Å². The molecule has 2 aliphatic rings. The van der Waals surface area contributed by atoms with Crippen molar-refractivity contribution < 1.29 is 9.18 Å². The summed E-state index contributed by atoms with van der Waals surface area (Å²) in [6.07, 6.45) is 9.56. The van der Waals surface area contributed by atoms with Gasteiger partial charge in [-0.1, -0.05) is 25.0 Å². The van der Waals surface area contributed by atoms with Crippen molar-refractivity contribution in [2.24, 2.45) is 5.92 Å². The highest BCUT2D eigenvalue weighted by atomic mass is 19.1. The van der Waals surface area contributed by atoms with Gasteiger partial charge in [0, 0.05) is 38.6 Å². The minimum absolute atomic E-state index is 0.0695. The maximum Gasteiger partial charge on any atom is 0.318 e. The number of hydrogen-bond acceptors (Lipinski definition) is 4. The minimum atomic E-state index is -0.257. The second-order valence-electron chi connectivity index (χ2n) is 7.56. The molecule has 4 rings (SSSR count). The molecule has 6 nitrogen and oxygen atoms in total. The second-order valence-corrected chi connectivity index (χ2v) is 7.56. The number of piperazine rings is 1. The molecule has 0 bridgehead atoms. The molecule has 1 aliphatic heterocycles. The predicted octanol–water partition coefficient (Wildman–Crippen LogP) is 3.38. The lowest BCUT2D eigenvalue weighted by molar-refractivity contribution is 0.185. The molecule has 7 heteroatoms. The summed E-state index contributed by atoms with van der Waals surface area (Å²) < 4.78 is 13.8. The molecule has 2 amide bonds. The van der Waals surface area contributed by atoms with Crippen molar-refractivity contribution >= 4 is 11.8 Å². The molecule has 0 radical (unpaired) electrons. The van der Waals surface area contributed by atoms with Crippen molar-refractivity contribution in [2.75, 3.05) is 31.1 Å². The largest absolute Gasteiger partial charge is 0.352 e. The Morgan fingerprint density at radius 1 is 1.14 bits per heavy atom. The van der Waals surface area contributed by atoms with Crippen LogP contribution < -0.4 is 10.2 Å². The average molecular weight is 383 g/mol. The third-order valence-electron chi connectivity index (χ3n) is 5.80. The Morgan fingerprint density at radius 3 is 2.61 bits per heavy atom. The standard InChI is InChI=1S/C21H26FN5O/c22-18-7-3-6-17(14-18)20(16-4-1-2-5-16)25-21(28)27-12-10-26(11-13-27)19-15-23-8-9-24-19/h3,6-9,14-16,20H,1-2,4-5,10-13H2,(H,25,28). The van der Waals surface area contributed by atoms with E-state index in [0.717, 1.165) is 37.3 Å². The predicted molar refractivity (Wildman–Crippen MR) is 105 cm³/mol. The zero-order valence-corrected chi connectivity index (χ0v) is 15.9. The molecule has 1 saturated carbocycles. The van der Waals surface area contributed by atoms with Crippen molar-refractivity contribution in [1.29, 1.82) is 0 Å². The van der Waals surface area contributed by atoms with E-state index in [2.05, 4.69) is 20.2 Å². The number of aromatic nitrogens is 2. The normalized spacial score (nSPS) is 18.9. The highest BCUT2D eigenvalue weighted by Crippen LogP contribution is 2.36. The van der Waals surface area contributed by atoms with E-state index in [-0.39, 0.29) is 17.9 Å². The molecule has 1 unspecified atom stereocenters. The third-order valence-corrected chi connectivity index (χ3v) is 5.80. The van der Waals surface area contributed by atoms with Crippen LogP contribution in [0.2, 0.25) is 0 Å². The summed E-state index contributed by atoms with van der Waals surface area (Å²) in [6, 6.07) is 6.43. The zero-order chi connectivity index (χ0) is 19.3. The number of rotatable bonds is 4. The van der Waals surface area contributed by atoms with Crippen molar-refractivity contribution in [3.8, 4) is 0 Å². The molecular weight excluding hydrogens is 357 g/mol. The van der Waals surface area contributed by atoms with Crippen molar-refractivity contribution in [2.45, 2.75) is 31.7 Å². The highest BCUT2D eigenvalue weighted by Gasteiger charge is 2.30. The molecular formula is C21H26FN5O. The number of nitrogens with zero attached hydrogens (tertiary/aromatic N) is 4. The summed E-state index contributed by atoms with van der Waals surface area (Å²) >= 11 is 0. The molecule has 1 aromatic carbocycles. The summed E-state index contributed by atoms with van der Waals surface area (Å²) in [5, 5.41) is 3.20. The Balaban J connectivity index is 1.40. The van der Waals surface area contributed by atoms with Gasteiger partial charge in [-0.3, -0.25) is 4.98 Å². The van der Waals surface area contributed by atoms with E-state index < -0.39 is 0 Å². The number of carbonyl (C=O) groups is 1. The maximum atomic E-state index is 13.8. The van der Waals surface area contributed by atoms with Gasteiger partial charge in [-0.25, -0.2) is 14.2 Å². The first-order valence-electron chi connectivity index (χ1n) is 10.0. The number of carbonyl (C=O) groups excluding carboxylic acids is 1. The lowest BCUT2D eigenvalue weighted by Gasteiger charge is -2.36. The van der Waals surface area contributed by atoms with E-state index in [4.69, 9.17) is 0 Å². The van der Waals surface area contributed by atoms with Crippen LogP contribution in [0.5, 0.6) is 0 Å². The average Bonchev–Trinajstić information content (AvgIpc) is 3.27. The number of halogens is 1. The van der Waals surface area contributed by atoms with Gasteiger partial charge in [0.05, 0.1) is 12.2 Å². The Bertz CT molecular complexity index is 788. The monoisotopic (exact) mass is 383 g/mol. The molecule has 1 atom stereocenters. The molecule has 2 aromatic rings. The van der Waals surface area contributed by atoms with E-state index in [0.29, 0.717) is 19.0 Å². The second kappa shape index (κ2) is 8.54. The molecule has 2 heterocycles. The Morgan fingerprint density at radius 2 is 1.93 bits per heavy atom. The first kappa shape index (κ1) is 18.7. The van der Waals surface area contributed by atoms with Gasteiger partial charge in [0.25, 0.3) is 0 Å². The third kappa shape index (κ3) is 4.24. The number of benzene rings is 1. The summed E-state index contributed by atoms with van der Waals surface area (Å²) in [4.78, 5) is 25.4. The minimum Gasteiger partial charge on any atom is -0.352 e. The summed E-state index contributed by atoms with van der Waals surface area (Å²) in [5.41, 5.74) is 0.860. The van der Waals surface area contributed by atoms with Crippen molar-refractivity contribution in [3.05, 3.63) is 54.2 Å². The van der Waals surface area contributed by atoms with Gasteiger partial charge in [-0.15, -0.1) is 0 Å². The molecule has 0 spiro atoms. The van der Waals surface area contributed by atoms with Crippen LogP contribution in [0.15, 0.2) is 42.9 Å². The summed E-state index contributed by atoms with van der Waals surface area (Å²) in [7, 11) is 0. The van der Waals surface area contributed by atoms with Crippen molar-refractivity contribution in [1.82, 2.24) is 20.2 Å². The van der Waals surface area contributed by atoms with Crippen LogP contribution in [0.25, 0.3) is 0 Å². The lowest BCUT2D eigenvalue weighted by Crippen LogP contribution is -2.53. The van der Waals surface area contributed by atoms with Crippen LogP contribution in [0, 0.1) is 11.7 Å². The van der Waals surface area contributed by atoms with Crippen LogP contribution in [-0.4, -0.2) is 47.1 Å². The topological polar surface area (TPSA) is 61.4 Å². The van der Waals surface area contributed by atoms with Crippen LogP contribution in [0.3, 0.4) is 0 Å². The molecule has 2 fully saturated rings. The SMILES string of the molecule is O=C(NC(c1cccc(F)c1)C1CCCC1)N1CCN(c2cnccn2)CC1. The van der Waals surface area contributed by atoms with E-state index in [1.807, 2.05) is 11.0 Å². The van der Waals surface area contributed by atoms with E-state index in [1.54, 1.807) is 30.7 Å². The lowest BCUT2D eigenvalue weighted by atomic mass is 9.91. The van der Waals surface area contributed by atoms with Gasteiger partial charge in [-0.05, 0) is 36.5 Å². The number of anilines is 1. The number of hydrogen-bond donors (Lipinski definition) is 1. The first-order valence-corrected chi connectivity index (χ1v) is 10.0. The number of amides is 2. The quantitative estimate of drug-likeness (QED) is 0.879. The molecule has 148 valence electrons. The van der Waals surface area contributed by atoms with Gasteiger partial charge >= 0.3 is 6.03 Å². The zero-order valence-electron chi connectivity index (χ0n) is 15.9.